The molecule has 0 bridgehead atoms. The van der Waals surface area contributed by atoms with Gasteiger partial charge >= 0.3 is 0 Å². The van der Waals surface area contributed by atoms with E-state index in [1.807, 2.05) is 36.4 Å². The highest BCUT2D eigenvalue weighted by Gasteiger charge is 2.35. The maximum atomic E-state index is 13.2. The summed E-state index contributed by atoms with van der Waals surface area (Å²) in [5.74, 6) is 0.795. The Balaban J connectivity index is 1.70. The molecule has 0 unspecified atom stereocenters. The lowest BCUT2D eigenvalue weighted by Gasteiger charge is -2.19. The number of amides is 1. The first-order valence-corrected chi connectivity index (χ1v) is 11.8. The van der Waals surface area contributed by atoms with E-state index in [0.29, 0.717) is 9.23 Å². The van der Waals surface area contributed by atoms with E-state index in [1.54, 1.807) is 23.8 Å². The second-order valence-corrected chi connectivity index (χ2v) is 9.42. The van der Waals surface area contributed by atoms with Crippen molar-refractivity contribution in [3.05, 3.63) is 70.1 Å². The van der Waals surface area contributed by atoms with Crippen molar-refractivity contribution in [3.63, 3.8) is 0 Å². The smallest absolute Gasteiger partial charge is 0.271 e. The van der Waals surface area contributed by atoms with Crippen molar-refractivity contribution in [2.45, 2.75) is 25.2 Å². The van der Waals surface area contributed by atoms with Crippen molar-refractivity contribution in [3.8, 4) is 5.75 Å². The number of benzene rings is 2. The van der Waals surface area contributed by atoms with Gasteiger partial charge in [0.1, 0.15) is 5.75 Å². The Bertz CT molecular complexity index is 1060. The molecule has 154 valence electrons. The van der Waals surface area contributed by atoms with E-state index in [1.165, 1.54) is 16.7 Å². The van der Waals surface area contributed by atoms with Crippen LogP contribution in [0.4, 0.5) is 11.4 Å². The SMILES string of the molecule is CCC(/C=C1\Sc2ccc(OC)cc2N1CC)=C1\SC(=S)N(c2ccccc2)C1=O. The van der Waals surface area contributed by atoms with Gasteiger partial charge in [0, 0.05) is 17.5 Å². The highest BCUT2D eigenvalue weighted by atomic mass is 32.2. The fourth-order valence-electron chi connectivity index (χ4n) is 3.48. The molecule has 4 rings (SSSR count). The molecule has 2 aliphatic rings. The number of para-hydroxylation sites is 1. The van der Waals surface area contributed by atoms with Gasteiger partial charge in [-0.25, -0.2) is 0 Å². The van der Waals surface area contributed by atoms with E-state index in [4.69, 9.17) is 17.0 Å². The first-order valence-electron chi connectivity index (χ1n) is 9.77. The molecule has 2 aromatic rings. The fourth-order valence-corrected chi connectivity index (χ4v) is 6.06. The molecule has 1 saturated heterocycles. The average Bonchev–Trinajstić information content (AvgIpc) is 3.27. The highest BCUT2D eigenvalue weighted by molar-refractivity contribution is 8.27. The molecule has 4 nitrogen and oxygen atoms in total. The van der Waals surface area contributed by atoms with Gasteiger partial charge in [-0.1, -0.05) is 60.9 Å². The lowest BCUT2D eigenvalue weighted by atomic mass is 10.1. The summed E-state index contributed by atoms with van der Waals surface area (Å²) in [4.78, 5) is 19.0. The molecule has 0 N–H and O–H groups in total. The van der Waals surface area contributed by atoms with Gasteiger partial charge in [-0.05, 0) is 49.3 Å². The normalized spacial score (nSPS) is 19.0. The molecule has 0 saturated carbocycles. The molecule has 7 heteroatoms. The summed E-state index contributed by atoms with van der Waals surface area (Å²) < 4.78 is 5.97. The van der Waals surface area contributed by atoms with E-state index < -0.39 is 0 Å². The van der Waals surface area contributed by atoms with Crippen LogP contribution in [0.1, 0.15) is 20.3 Å². The molecule has 2 aromatic carbocycles. The number of carbonyl (C=O) groups excluding carboxylic acids is 1. The van der Waals surface area contributed by atoms with Crippen LogP contribution in [0.15, 0.2) is 75.0 Å². The van der Waals surface area contributed by atoms with Crippen LogP contribution in [0.25, 0.3) is 0 Å². The summed E-state index contributed by atoms with van der Waals surface area (Å²) in [6.45, 7) is 5.04. The molecule has 0 spiro atoms. The van der Waals surface area contributed by atoms with E-state index in [2.05, 4.69) is 37.0 Å². The summed E-state index contributed by atoms with van der Waals surface area (Å²) in [7, 11) is 1.68. The Kier molecular flexibility index (Phi) is 6.22. The third-order valence-electron chi connectivity index (χ3n) is 5.01. The number of hydrogen-bond acceptors (Lipinski definition) is 6. The molecule has 0 atom stereocenters. The summed E-state index contributed by atoms with van der Waals surface area (Å²) >= 11 is 8.65. The van der Waals surface area contributed by atoms with E-state index in [9.17, 15) is 4.79 Å². The third kappa shape index (κ3) is 3.77. The zero-order valence-electron chi connectivity index (χ0n) is 17.0. The van der Waals surface area contributed by atoms with Crippen molar-refractivity contribution in [1.82, 2.24) is 0 Å². The molecule has 2 aliphatic heterocycles. The third-order valence-corrected chi connectivity index (χ3v) is 7.55. The Morgan fingerprint density at radius 1 is 1.13 bits per heavy atom. The number of rotatable bonds is 5. The quantitative estimate of drug-likeness (QED) is 0.395. The van der Waals surface area contributed by atoms with Crippen LogP contribution in [-0.2, 0) is 4.79 Å². The number of thioether (sulfide) groups is 2. The Labute approximate surface area is 191 Å². The van der Waals surface area contributed by atoms with Gasteiger partial charge in [0.15, 0.2) is 4.32 Å². The van der Waals surface area contributed by atoms with E-state index >= 15 is 0 Å². The van der Waals surface area contributed by atoms with Gasteiger partial charge in [0.05, 0.1) is 28.4 Å². The van der Waals surface area contributed by atoms with Gasteiger partial charge in [-0.15, -0.1) is 0 Å². The number of anilines is 2. The number of fused-ring (bicyclic) bond motifs is 1. The molecule has 1 fully saturated rings. The number of ether oxygens (including phenoxy) is 1. The number of hydrogen-bond donors (Lipinski definition) is 0. The minimum absolute atomic E-state index is 0.0462. The fraction of sp³-hybridized carbons (Fsp3) is 0.217. The van der Waals surface area contributed by atoms with Gasteiger partial charge in [-0.3, -0.25) is 9.69 Å². The van der Waals surface area contributed by atoms with Crippen molar-refractivity contribution in [2.75, 3.05) is 23.5 Å². The number of carbonyl (C=O) groups is 1. The molecule has 2 heterocycles. The second kappa shape index (κ2) is 8.88. The van der Waals surface area contributed by atoms with Crippen LogP contribution < -0.4 is 14.5 Å². The summed E-state index contributed by atoms with van der Waals surface area (Å²) in [5.41, 5.74) is 2.95. The number of nitrogens with zero attached hydrogens (tertiary/aromatic N) is 2. The lowest BCUT2D eigenvalue weighted by Crippen LogP contribution is -2.27. The Morgan fingerprint density at radius 3 is 2.57 bits per heavy atom. The minimum Gasteiger partial charge on any atom is -0.497 e. The molecule has 0 radical (unpaired) electrons. The average molecular weight is 455 g/mol. The minimum atomic E-state index is -0.0462. The number of thiocarbonyl (C=S) groups is 1. The van der Waals surface area contributed by atoms with Crippen LogP contribution in [0.5, 0.6) is 5.75 Å². The largest absolute Gasteiger partial charge is 0.497 e. The topological polar surface area (TPSA) is 32.8 Å². The van der Waals surface area contributed by atoms with Gasteiger partial charge in [0.2, 0.25) is 0 Å². The van der Waals surface area contributed by atoms with Crippen molar-refractivity contribution in [1.29, 1.82) is 0 Å². The van der Waals surface area contributed by atoms with E-state index in [-0.39, 0.29) is 5.91 Å². The van der Waals surface area contributed by atoms with Crippen LogP contribution >= 0.6 is 35.7 Å². The maximum absolute atomic E-state index is 13.2. The molecular weight excluding hydrogens is 432 g/mol. The van der Waals surface area contributed by atoms with Gasteiger partial charge in [0.25, 0.3) is 5.91 Å². The monoisotopic (exact) mass is 454 g/mol. The first kappa shape index (κ1) is 21.0. The van der Waals surface area contributed by atoms with Crippen LogP contribution in [-0.4, -0.2) is 23.9 Å². The standard InChI is InChI=1S/C23H22N2O2S3/c1-4-15(21-22(26)25(23(28)30-21)16-9-7-6-8-10-16)13-20-24(5-2)18-14-17(27-3)11-12-19(18)29-20/h6-14H,4-5H2,1-3H3/b20-13-,21-15+. The van der Waals surface area contributed by atoms with Crippen molar-refractivity contribution < 1.29 is 9.53 Å². The van der Waals surface area contributed by atoms with Gasteiger partial charge < -0.3 is 9.64 Å². The van der Waals surface area contributed by atoms with Crippen LogP contribution in [0, 0.1) is 0 Å². The second-order valence-electron chi connectivity index (χ2n) is 6.71. The summed E-state index contributed by atoms with van der Waals surface area (Å²) in [6, 6.07) is 15.7. The summed E-state index contributed by atoms with van der Waals surface area (Å²) in [6.07, 6.45) is 2.89. The zero-order chi connectivity index (χ0) is 21.3. The number of methoxy groups -OCH3 is 1. The molecule has 0 aliphatic carbocycles. The highest BCUT2D eigenvalue weighted by Crippen LogP contribution is 2.48. The van der Waals surface area contributed by atoms with Gasteiger partial charge in [-0.2, -0.15) is 0 Å². The molecule has 1 amide bonds. The number of allylic oxidation sites excluding steroid dienone is 2. The predicted octanol–water partition coefficient (Wildman–Crippen LogP) is 6.20. The zero-order valence-corrected chi connectivity index (χ0v) is 19.5. The lowest BCUT2D eigenvalue weighted by molar-refractivity contribution is -0.113. The van der Waals surface area contributed by atoms with Crippen LogP contribution in [0.3, 0.4) is 0 Å². The Morgan fingerprint density at radius 2 is 1.90 bits per heavy atom. The summed E-state index contributed by atoms with van der Waals surface area (Å²) in [5, 5.41) is 1.11. The predicted molar refractivity (Wildman–Crippen MR) is 131 cm³/mol. The molecular formula is C23H22N2O2S3. The van der Waals surface area contributed by atoms with E-state index in [0.717, 1.165) is 40.7 Å². The van der Waals surface area contributed by atoms with Crippen molar-refractivity contribution in [2.24, 2.45) is 0 Å². The molecule has 30 heavy (non-hydrogen) atoms. The van der Waals surface area contributed by atoms with Crippen LogP contribution in [0.2, 0.25) is 0 Å². The first-order chi connectivity index (χ1) is 14.6. The van der Waals surface area contributed by atoms with Crippen molar-refractivity contribution >= 4 is 57.3 Å². The molecule has 0 aromatic heterocycles. The maximum Gasteiger partial charge on any atom is 0.271 e. The Hall–Kier alpha value is -2.22.